The number of guanidine groups is 1. The van der Waals surface area contributed by atoms with Gasteiger partial charge in [0.2, 0.25) is 0 Å². The Bertz CT molecular complexity index is 414. The van der Waals surface area contributed by atoms with E-state index in [2.05, 4.69) is 4.99 Å². The molecule has 0 spiro atoms. The lowest BCUT2D eigenvalue weighted by molar-refractivity contribution is -0.137. The van der Waals surface area contributed by atoms with Gasteiger partial charge in [-0.2, -0.15) is 13.2 Å². The predicted octanol–water partition coefficient (Wildman–Crippen LogP) is 2.55. The minimum absolute atomic E-state index is 0. The fourth-order valence-electron chi connectivity index (χ4n) is 1.05. The van der Waals surface area contributed by atoms with Crippen LogP contribution in [0.5, 0.6) is 0 Å². The molecule has 0 bridgehead atoms. The Labute approximate surface area is 107 Å². The second kappa shape index (κ2) is 5.97. The molecule has 3 nitrogen and oxygen atoms in total. The average Bonchev–Trinajstić information content (AvgIpc) is 2.14. The minimum atomic E-state index is -4.41. The number of alkyl halides is 3. The van der Waals surface area contributed by atoms with Gasteiger partial charge in [-0.1, -0.05) is 11.6 Å². The van der Waals surface area contributed by atoms with E-state index in [1.165, 1.54) is 6.07 Å². The molecular formula is C9H10Cl2F3N3. The van der Waals surface area contributed by atoms with Crippen LogP contribution in [0.3, 0.4) is 0 Å². The van der Waals surface area contributed by atoms with Crippen LogP contribution in [0.4, 0.5) is 13.2 Å². The molecule has 0 aliphatic rings. The molecule has 0 aliphatic heterocycles. The monoisotopic (exact) mass is 287 g/mol. The number of nitrogens with zero attached hydrogens (tertiary/aromatic N) is 1. The Morgan fingerprint density at radius 3 is 2.35 bits per heavy atom. The summed E-state index contributed by atoms with van der Waals surface area (Å²) < 4.78 is 37.1. The normalized spacial score (nSPS) is 10.6. The highest BCUT2D eigenvalue weighted by Crippen LogP contribution is 2.31. The summed E-state index contributed by atoms with van der Waals surface area (Å²) in [6, 6.07) is 3.00. The molecule has 0 fully saturated rings. The van der Waals surface area contributed by atoms with Crippen molar-refractivity contribution < 1.29 is 13.2 Å². The minimum Gasteiger partial charge on any atom is -0.370 e. The van der Waals surface area contributed by atoms with Crippen LogP contribution in [0.2, 0.25) is 5.02 Å². The van der Waals surface area contributed by atoms with E-state index in [0.717, 1.165) is 12.1 Å². The van der Waals surface area contributed by atoms with E-state index >= 15 is 0 Å². The van der Waals surface area contributed by atoms with Crippen LogP contribution >= 0.6 is 24.0 Å². The van der Waals surface area contributed by atoms with E-state index < -0.39 is 11.7 Å². The van der Waals surface area contributed by atoms with Crippen LogP contribution in [-0.2, 0) is 12.7 Å². The number of hydrogen-bond acceptors (Lipinski definition) is 1. The van der Waals surface area contributed by atoms with Gasteiger partial charge in [0.25, 0.3) is 0 Å². The standard InChI is InChI=1S/C9H9ClF3N3.ClH/c10-7-2-1-6(9(11,12)13)3-5(7)4-16-8(14)15;/h1-3H,4H2,(H4,14,15,16);1H. The lowest BCUT2D eigenvalue weighted by Gasteiger charge is -2.09. The predicted molar refractivity (Wildman–Crippen MR) is 63.2 cm³/mol. The van der Waals surface area contributed by atoms with Crippen LogP contribution in [-0.4, -0.2) is 5.96 Å². The molecule has 0 atom stereocenters. The molecule has 96 valence electrons. The number of hydrogen-bond donors (Lipinski definition) is 2. The largest absolute Gasteiger partial charge is 0.416 e. The Balaban J connectivity index is 0.00000256. The highest BCUT2D eigenvalue weighted by atomic mass is 35.5. The highest BCUT2D eigenvalue weighted by molar-refractivity contribution is 6.31. The molecule has 0 aliphatic carbocycles. The molecule has 0 aromatic heterocycles. The average molecular weight is 288 g/mol. The van der Waals surface area contributed by atoms with Crippen LogP contribution in [0.15, 0.2) is 23.2 Å². The number of rotatable bonds is 2. The van der Waals surface area contributed by atoms with Gasteiger partial charge in [-0.25, -0.2) is 4.99 Å². The Morgan fingerprint density at radius 1 is 1.29 bits per heavy atom. The summed E-state index contributed by atoms with van der Waals surface area (Å²) in [6.07, 6.45) is -4.41. The maximum Gasteiger partial charge on any atom is 0.416 e. The summed E-state index contributed by atoms with van der Waals surface area (Å²) in [5.74, 6) is -0.200. The van der Waals surface area contributed by atoms with Crippen molar-refractivity contribution in [3.63, 3.8) is 0 Å². The van der Waals surface area contributed by atoms with E-state index in [1.807, 2.05) is 0 Å². The molecule has 1 aromatic carbocycles. The molecule has 0 amide bonds. The molecule has 8 heteroatoms. The summed E-state index contributed by atoms with van der Waals surface area (Å²) in [7, 11) is 0. The van der Waals surface area contributed by atoms with E-state index in [0.29, 0.717) is 0 Å². The lowest BCUT2D eigenvalue weighted by atomic mass is 10.1. The van der Waals surface area contributed by atoms with E-state index in [4.69, 9.17) is 23.1 Å². The summed E-state index contributed by atoms with van der Waals surface area (Å²) in [6.45, 7) is -0.0783. The third-order valence-corrected chi connectivity index (χ3v) is 2.17. The molecule has 1 rings (SSSR count). The number of aliphatic imine (C=N–C) groups is 1. The maximum atomic E-state index is 12.4. The molecule has 0 unspecified atom stereocenters. The van der Waals surface area contributed by atoms with Crippen molar-refractivity contribution in [3.8, 4) is 0 Å². The molecule has 0 saturated carbocycles. The van der Waals surface area contributed by atoms with Gasteiger partial charge in [0, 0.05) is 5.02 Å². The highest BCUT2D eigenvalue weighted by Gasteiger charge is 2.30. The number of nitrogens with two attached hydrogens (primary N) is 2. The van der Waals surface area contributed by atoms with Crippen LogP contribution in [0.1, 0.15) is 11.1 Å². The Kier molecular flexibility index (Phi) is 5.57. The fraction of sp³-hybridized carbons (Fsp3) is 0.222. The van der Waals surface area contributed by atoms with Gasteiger partial charge in [0.1, 0.15) is 0 Å². The maximum absolute atomic E-state index is 12.4. The lowest BCUT2D eigenvalue weighted by Crippen LogP contribution is -2.22. The van der Waals surface area contributed by atoms with Crippen molar-refractivity contribution in [3.05, 3.63) is 34.3 Å². The SMILES string of the molecule is Cl.NC(N)=NCc1cc(C(F)(F)F)ccc1Cl. The first-order chi connectivity index (χ1) is 7.30. The Hall–Kier alpha value is -1.14. The topological polar surface area (TPSA) is 64.4 Å². The van der Waals surface area contributed by atoms with Gasteiger partial charge >= 0.3 is 6.18 Å². The zero-order valence-electron chi connectivity index (χ0n) is 8.46. The van der Waals surface area contributed by atoms with Gasteiger partial charge in [0.15, 0.2) is 5.96 Å². The zero-order valence-corrected chi connectivity index (χ0v) is 10.0. The second-order valence-corrected chi connectivity index (χ2v) is 3.45. The second-order valence-electron chi connectivity index (χ2n) is 3.05. The van der Waals surface area contributed by atoms with Crippen molar-refractivity contribution in [2.45, 2.75) is 12.7 Å². The zero-order chi connectivity index (χ0) is 12.3. The van der Waals surface area contributed by atoms with E-state index in [-0.39, 0.29) is 35.5 Å². The fourth-order valence-corrected chi connectivity index (χ4v) is 1.23. The summed E-state index contributed by atoms with van der Waals surface area (Å²) in [5.41, 5.74) is 9.60. The summed E-state index contributed by atoms with van der Waals surface area (Å²) >= 11 is 5.71. The van der Waals surface area contributed by atoms with Crippen molar-refractivity contribution in [2.24, 2.45) is 16.5 Å². The third-order valence-electron chi connectivity index (χ3n) is 1.81. The van der Waals surface area contributed by atoms with Crippen molar-refractivity contribution in [1.82, 2.24) is 0 Å². The van der Waals surface area contributed by atoms with Crippen molar-refractivity contribution in [1.29, 1.82) is 0 Å². The smallest absolute Gasteiger partial charge is 0.370 e. The molecular weight excluding hydrogens is 278 g/mol. The van der Waals surface area contributed by atoms with E-state index in [9.17, 15) is 13.2 Å². The molecule has 0 saturated heterocycles. The summed E-state index contributed by atoms with van der Waals surface area (Å²) in [4.78, 5) is 3.60. The Morgan fingerprint density at radius 2 is 1.88 bits per heavy atom. The molecule has 0 heterocycles. The molecule has 17 heavy (non-hydrogen) atoms. The number of halogens is 5. The van der Waals surface area contributed by atoms with Gasteiger partial charge in [0.05, 0.1) is 12.1 Å². The van der Waals surface area contributed by atoms with Gasteiger partial charge < -0.3 is 11.5 Å². The first kappa shape index (κ1) is 15.9. The van der Waals surface area contributed by atoms with Gasteiger partial charge in [-0.3, -0.25) is 0 Å². The number of benzene rings is 1. The first-order valence-corrected chi connectivity index (χ1v) is 4.59. The van der Waals surface area contributed by atoms with Crippen molar-refractivity contribution in [2.75, 3.05) is 0 Å². The van der Waals surface area contributed by atoms with Crippen LogP contribution in [0, 0.1) is 0 Å². The van der Waals surface area contributed by atoms with Gasteiger partial charge in [-0.05, 0) is 23.8 Å². The quantitative estimate of drug-likeness (QED) is 0.649. The molecule has 0 radical (unpaired) electrons. The molecule has 4 N–H and O–H groups in total. The third kappa shape index (κ3) is 4.70. The van der Waals surface area contributed by atoms with Crippen molar-refractivity contribution >= 4 is 30.0 Å². The summed E-state index contributed by atoms with van der Waals surface area (Å²) in [5, 5.41) is 0.193. The van der Waals surface area contributed by atoms with Crippen LogP contribution < -0.4 is 11.5 Å². The van der Waals surface area contributed by atoms with Gasteiger partial charge in [-0.15, -0.1) is 12.4 Å². The molecule has 1 aromatic rings. The first-order valence-electron chi connectivity index (χ1n) is 4.21. The van der Waals surface area contributed by atoms with E-state index in [1.54, 1.807) is 0 Å². The van der Waals surface area contributed by atoms with Crippen LogP contribution in [0.25, 0.3) is 0 Å².